The van der Waals surface area contributed by atoms with Crippen LogP contribution in [0, 0.1) is 18.6 Å². The minimum absolute atomic E-state index is 0.123. The van der Waals surface area contributed by atoms with E-state index in [4.69, 9.17) is 17.3 Å². The molecule has 3 nitrogen and oxygen atoms in total. The Labute approximate surface area is 118 Å². The van der Waals surface area contributed by atoms with E-state index in [0.29, 0.717) is 27.3 Å². The van der Waals surface area contributed by atoms with Crippen molar-refractivity contribution in [3.8, 4) is 5.69 Å². The first-order valence-corrected chi connectivity index (χ1v) is 6.24. The van der Waals surface area contributed by atoms with Gasteiger partial charge in [-0.15, -0.1) is 0 Å². The summed E-state index contributed by atoms with van der Waals surface area (Å²) in [6.45, 7) is 1.63. The lowest BCUT2D eigenvalue weighted by atomic mass is 10.2. The largest absolute Gasteiger partial charge is 0.369 e. The van der Waals surface area contributed by atoms with Gasteiger partial charge in [-0.05, 0) is 36.8 Å². The van der Waals surface area contributed by atoms with Crippen LogP contribution in [0.25, 0.3) is 16.7 Å². The first kappa shape index (κ1) is 12.9. The number of hydrogen-bond acceptors (Lipinski definition) is 2. The quantitative estimate of drug-likeness (QED) is 0.740. The van der Waals surface area contributed by atoms with Crippen LogP contribution in [-0.2, 0) is 0 Å². The molecule has 1 heterocycles. The summed E-state index contributed by atoms with van der Waals surface area (Å²) in [5.74, 6) is -0.686. The molecule has 0 bridgehead atoms. The Morgan fingerprint density at radius 1 is 1.20 bits per heavy atom. The Hall–Kier alpha value is -2.14. The molecule has 0 saturated carbocycles. The van der Waals surface area contributed by atoms with Crippen molar-refractivity contribution < 1.29 is 8.78 Å². The predicted octanol–water partition coefficient (Wildman–Crippen LogP) is 3.85. The first-order valence-electron chi connectivity index (χ1n) is 5.87. The summed E-state index contributed by atoms with van der Waals surface area (Å²) in [7, 11) is 0. The topological polar surface area (TPSA) is 43.8 Å². The summed E-state index contributed by atoms with van der Waals surface area (Å²) in [5, 5.41) is 0.333. The molecule has 0 amide bonds. The van der Waals surface area contributed by atoms with Crippen LogP contribution in [0.4, 0.5) is 14.7 Å². The van der Waals surface area contributed by atoms with Crippen LogP contribution >= 0.6 is 11.6 Å². The van der Waals surface area contributed by atoms with Crippen molar-refractivity contribution in [2.45, 2.75) is 6.92 Å². The molecule has 6 heteroatoms. The zero-order valence-electron chi connectivity index (χ0n) is 10.5. The minimum atomic E-state index is -0.440. The maximum Gasteiger partial charge on any atom is 0.205 e. The maximum atomic E-state index is 13.6. The Kier molecular flexibility index (Phi) is 2.87. The summed E-state index contributed by atoms with van der Waals surface area (Å²) in [6.07, 6.45) is 0. The number of nitrogen functional groups attached to an aromatic ring is 1. The van der Waals surface area contributed by atoms with Crippen molar-refractivity contribution in [2.75, 3.05) is 5.73 Å². The van der Waals surface area contributed by atoms with E-state index in [9.17, 15) is 8.78 Å². The van der Waals surface area contributed by atoms with Gasteiger partial charge in [0.25, 0.3) is 0 Å². The lowest BCUT2D eigenvalue weighted by Gasteiger charge is -2.09. The van der Waals surface area contributed by atoms with Crippen LogP contribution in [0.2, 0.25) is 5.02 Å². The highest BCUT2D eigenvalue weighted by molar-refractivity contribution is 6.32. The molecular formula is C14H10ClF2N3. The minimum Gasteiger partial charge on any atom is -0.369 e. The van der Waals surface area contributed by atoms with E-state index in [0.717, 1.165) is 0 Å². The summed E-state index contributed by atoms with van der Waals surface area (Å²) in [6, 6.07) is 6.86. The van der Waals surface area contributed by atoms with E-state index in [1.54, 1.807) is 13.0 Å². The molecule has 3 aromatic rings. The highest BCUT2D eigenvalue weighted by Crippen LogP contribution is 2.29. The first-order chi connectivity index (χ1) is 9.47. The van der Waals surface area contributed by atoms with E-state index in [1.807, 2.05) is 0 Å². The van der Waals surface area contributed by atoms with E-state index in [-0.39, 0.29) is 11.8 Å². The fraction of sp³-hybridized carbons (Fsp3) is 0.0714. The third-order valence-corrected chi connectivity index (χ3v) is 3.43. The molecule has 0 atom stereocenters. The molecule has 0 aliphatic carbocycles. The number of imidazole rings is 1. The van der Waals surface area contributed by atoms with Gasteiger partial charge < -0.3 is 5.73 Å². The Balaban J connectivity index is 2.38. The van der Waals surface area contributed by atoms with Gasteiger partial charge in [0.2, 0.25) is 5.95 Å². The van der Waals surface area contributed by atoms with Crippen LogP contribution in [0.15, 0.2) is 30.3 Å². The third kappa shape index (κ3) is 1.91. The van der Waals surface area contributed by atoms with E-state index in [2.05, 4.69) is 4.98 Å². The Morgan fingerprint density at radius 3 is 2.70 bits per heavy atom. The number of anilines is 1. The van der Waals surface area contributed by atoms with E-state index >= 15 is 0 Å². The van der Waals surface area contributed by atoms with Gasteiger partial charge in [-0.1, -0.05) is 11.6 Å². The molecule has 0 aliphatic heterocycles. The van der Waals surface area contributed by atoms with Gasteiger partial charge in [0.05, 0.1) is 21.7 Å². The lowest BCUT2D eigenvalue weighted by molar-refractivity contribution is 0.620. The molecule has 3 rings (SSSR count). The molecule has 1 aromatic heterocycles. The molecule has 2 N–H and O–H groups in total. The molecule has 2 aromatic carbocycles. The van der Waals surface area contributed by atoms with E-state index in [1.165, 1.54) is 28.8 Å². The maximum absolute atomic E-state index is 13.6. The monoisotopic (exact) mass is 293 g/mol. The van der Waals surface area contributed by atoms with Gasteiger partial charge in [0.1, 0.15) is 11.6 Å². The molecule has 20 heavy (non-hydrogen) atoms. The fourth-order valence-electron chi connectivity index (χ4n) is 2.13. The van der Waals surface area contributed by atoms with Crippen LogP contribution in [-0.4, -0.2) is 9.55 Å². The molecule has 0 radical (unpaired) electrons. The van der Waals surface area contributed by atoms with Crippen molar-refractivity contribution >= 4 is 28.6 Å². The van der Waals surface area contributed by atoms with Crippen LogP contribution in [0.1, 0.15) is 5.56 Å². The van der Waals surface area contributed by atoms with E-state index < -0.39 is 5.82 Å². The zero-order valence-corrected chi connectivity index (χ0v) is 11.2. The number of nitrogens with zero attached hydrogens (tertiary/aromatic N) is 2. The number of aryl methyl sites for hydroxylation is 1. The predicted molar refractivity (Wildman–Crippen MR) is 75.1 cm³/mol. The fourth-order valence-corrected chi connectivity index (χ4v) is 2.33. The second-order valence-electron chi connectivity index (χ2n) is 4.49. The van der Waals surface area contributed by atoms with Crippen molar-refractivity contribution in [1.29, 1.82) is 0 Å². The summed E-state index contributed by atoms with van der Waals surface area (Å²) < 4.78 is 28.5. The molecule has 0 unspecified atom stereocenters. The second kappa shape index (κ2) is 4.45. The summed E-state index contributed by atoms with van der Waals surface area (Å²) in [4.78, 5) is 4.08. The number of benzene rings is 2. The van der Waals surface area contributed by atoms with Gasteiger partial charge in [-0.25, -0.2) is 13.8 Å². The Morgan fingerprint density at radius 2 is 1.95 bits per heavy atom. The van der Waals surface area contributed by atoms with Crippen molar-refractivity contribution in [2.24, 2.45) is 0 Å². The summed E-state index contributed by atoms with van der Waals surface area (Å²) >= 11 is 6.09. The van der Waals surface area contributed by atoms with Gasteiger partial charge in [0, 0.05) is 6.07 Å². The van der Waals surface area contributed by atoms with Gasteiger partial charge in [0.15, 0.2) is 0 Å². The zero-order chi connectivity index (χ0) is 14.4. The number of hydrogen-bond donors (Lipinski definition) is 1. The average Bonchev–Trinajstić information content (AvgIpc) is 2.69. The number of halogens is 3. The van der Waals surface area contributed by atoms with Crippen LogP contribution in [0.5, 0.6) is 0 Å². The highest BCUT2D eigenvalue weighted by atomic mass is 35.5. The molecule has 0 fully saturated rings. The smallest absolute Gasteiger partial charge is 0.205 e. The van der Waals surface area contributed by atoms with Crippen molar-refractivity contribution in [3.05, 3.63) is 52.6 Å². The average molecular weight is 294 g/mol. The van der Waals surface area contributed by atoms with Gasteiger partial charge >= 0.3 is 0 Å². The molecule has 0 saturated heterocycles. The Bertz CT molecular complexity index is 827. The summed E-state index contributed by atoms with van der Waals surface area (Å²) in [5.41, 5.74) is 7.65. The standard InChI is InChI=1S/C14H10ClF2N3/c1-7-4-13-11(6-10(7)17)19-14(18)20(13)12-5-8(16)2-3-9(12)15/h2-6H,1H3,(H2,18,19). The normalized spacial score (nSPS) is 11.2. The third-order valence-electron chi connectivity index (χ3n) is 3.11. The number of aromatic nitrogens is 2. The molecule has 0 aliphatic rings. The molecule has 0 spiro atoms. The number of nitrogens with two attached hydrogens (primary N) is 1. The number of fused-ring (bicyclic) bond motifs is 1. The van der Waals surface area contributed by atoms with Crippen molar-refractivity contribution in [3.63, 3.8) is 0 Å². The van der Waals surface area contributed by atoms with Crippen LogP contribution < -0.4 is 5.73 Å². The highest BCUT2D eigenvalue weighted by Gasteiger charge is 2.15. The second-order valence-corrected chi connectivity index (χ2v) is 4.90. The van der Waals surface area contributed by atoms with Crippen LogP contribution in [0.3, 0.4) is 0 Å². The molecular weight excluding hydrogens is 284 g/mol. The number of rotatable bonds is 1. The SMILES string of the molecule is Cc1cc2c(cc1F)nc(N)n2-c1cc(F)ccc1Cl. The molecule has 102 valence electrons. The van der Waals surface area contributed by atoms with Gasteiger partial charge in [-0.3, -0.25) is 4.57 Å². The lowest BCUT2D eigenvalue weighted by Crippen LogP contribution is -2.02. The van der Waals surface area contributed by atoms with Gasteiger partial charge in [-0.2, -0.15) is 0 Å². The van der Waals surface area contributed by atoms with Crippen molar-refractivity contribution in [1.82, 2.24) is 9.55 Å².